The van der Waals surface area contributed by atoms with Gasteiger partial charge in [0.05, 0.1) is 5.69 Å². The van der Waals surface area contributed by atoms with Crippen LogP contribution in [0.1, 0.15) is 22.0 Å². The van der Waals surface area contributed by atoms with Gasteiger partial charge in [0, 0.05) is 46.4 Å². The van der Waals surface area contributed by atoms with E-state index in [1.807, 2.05) is 12.1 Å². The minimum atomic E-state index is -4.81. The van der Waals surface area contributed by atoms with Gasteiger partial charge in [0.15, 0.2) is 0 Å². The topological polar surface area (TPSA) is 129 Å². The first kappa shape index (κ1) is 20.8. The van der Waals surface area contributed by atoms with E-state index in [0.717, 1.165) is 21.9 Å². The van der Waals surface area contributed by atoms with Crippen LogP contribution in [0.3, 0.4) is 0 Å². The fourth-order valence-corrected chi connectivity index (χ4v) is 5.01. The van der Waals surface area contributed by atoms with Crippen LogP contribution in [-0.4, -0.2) is 33.1 Å². The number of phosphoric ester groups is 1. The number of hydrogen-bond acceptors (Lipinski definition) is 4. The van der Waals surface area contributed by atoms with Crippen LogP contribution >= 0.6 is 19.4 Å². The lowest BCUT2D eigenvalue weighted by Gasteiger charge is -2.19. The molecule has 1 aromatic heterocycles. The molecular weight excluding hydrogens is 453 g/mol. The summed E-state index contributed by atoms with van der Waals surface area (Å²) >= 11 is 6.26. The van der Waals surface area contributed by atoms with Crippen LogP contribution in [0, 0.1) is 0 Å². The molecule has 4 aromatic rings. The molecule has 0 spiro atoms. The molecule has 8 nitrogen and oxygen atoms in total. The van der Waals surface area contributed by atoms with Crippen molar-refractivity contribution in [2.45, 2.75) is 5.92 Å². The zero-order valence-electron chi connectivity index (χ0n) is 16.7. The summed E-state index contributed by atoms with van der Waals surface area (Å²) in [5.41, 5.74) is 8.96. The number of nitrogens with zero attached hydrogens (tertiary/aromatic N) is 1. The molecule has 0 saturated carbocycles. The molecule has 0 radical (unpaired) electrons. The molecule has 1 unspecified atom stereocenters. The van der Waals surface area contributed by atoms with Crippen molar-refractivity contribution < 1.29 is 23.7 Å². The number of fused-ring (bicyclic) bond motifs is 4. The maximum Gasteiger partial charge on any atom is 0.524 e. The lowest BCUT2D eigenvalue weighted by atomic mass is 9.95. The molecule has 0 bridgehead atoms. The number of aromatic nitrogens is 1. The zero-order chi connectivity index (χ0) is 22.6. The van der Waals surface area contributed by atoms with Crippen LogP contribution in [-0.2, 0) is 4.57 Å². The minimum Gasteiger partial charge on any atom is -0.404 e. The molecule has 0 aliphatic carbocycles. The van der Waals surface area contributed by atoms with Crippen LogP contribution in [0.2, 0.25) is 0 Å². The van der Waals surface area contributed by atoms with Gasteiger partial charge in [-0.25, -0.2) is 4.57 Å². The van der Waals surface area contributed by atoms with E-state index >= 15 is 0 Å². The van der Waals surface area contributed by atoms with Crippen LogP contribution < -0.4 is 15.2 Å². The van der Waals surface area contributed by atoms with Crippen LogP contribution in [0.4, 0.5) is 11.4 Å². The number of phosphoric acid groups is 1. The number of amides is 1. The van der Waals surface area contributed by atoms with Crippen molar-refractivity contribution in [2.24, 2.45) is 0 Å². The summed E-state index contributed by atoms with van der Waals surface area (Å²) in [7, 11) is -4.81. The van der Waals surface area contributed by atoms with E-state index in [0.29, 0.717) is 29.0 Å². The third-order valence-electron chi connectivity index (χ3n) is 5.65. The van der Waals surface area contributed by atoms with Crippen molar-refractivity contribution >= 4 is 58.4 Å². The van der Waals surface area contributed by atoms with Gasteiger partial charge >= 0.3 is 7.82 Å². The summed E-state index contributed by atoms with van der Waals surface area (Å²) in [5.74, 6) is -0.149. The third kappa shape index (κ3) is 3.51. The monoisotopic (exact) mass is 471 g/mol. The molecule has 5 N–H and O–H groups in total. The highest BCUT2D eigenvalue weighted by molar-refractivity contribution is 7.46. The number of rotatable bonds is 4. The Labute approximate surface area is 187 Å². The van der Waals surface area contributed by atoms with Crippen molar-refractivity contribution in [1.82, 2.24) is 4.98 Å². The van der Waals surface area contributed by atoms with Crippen molar-refractivity contribution in [1.29, 1.82) is 0 Å². The highest BCUT2D eigenvalue weighted by atomic mass is 35.5. The van der Waals surface area contributed by atoms with E-state index in [9.17, 15) is 19.1 Å². The van der Waals surface area contributed by atoms with Gasteiger partial charge in [-0.3, -0.25) is 14.6 Å². The maximum absolute atomic E-state index is 13.5. The molecule has 2 heterocycles. The van der Waals surface area contributed by atoms with Crippen LogP contribution in [0.15, 0.2) is 54.6 Å². The number of nitrogen functional groups attached to an aromatic ring is 1. The summed E-state index contributed by atoms with van der Waals surface area (Å²) in [6, 6.07) is 15.7. The Bertz CT molecular complexity index is 1430. The SMILES string of the molecule is Nc1ccc2[nH]c(C(=O)N3CC(CCl)c4c3cc(OP(=O)(O)O)c3ccccc43)cc2c1. The molecule has 10 heteroatoms. The predicted octanol–water partition coefficient (Wildman–Crippen LogP) is 4.36. The zero-order valence-corrected chi connectivity index (χ0v) is 18.3. The number of benzene rings is 3. The molecule has 0 saturated heterocycles. The first-order chi connectivity index (χ1) is 15.2. The molecule has 32 heavy (non-hydrogen) atoms. The summed E-state index contributed by atoms with van der Waals surface area (Å²) in [6.07, 6.45) is 0. The Morgan fingerprint density at radius 1 is 1.19 bits per heavy atom. The molecule has 5 rings (SSSR count). The van der Waals surface area contributed by atoms with E-state index in [2.05, 4.69) is 4.98 Å². The molecule has 1 amide bonds. The van der Waals surface area contributed by atoms with E-state index in [-0.39, 0.29) is 23.5 Å². The van der Waals surface area contributed by atoms with Gasteiger partial charge in [0.25, 0.3) is 5.91 Å². The van der Waals surface area contributed by atoms with Gasteiger partial charge in [-0.05, 0) is 35.2 Å². The fraction of sp³-hybridized carbons (Fsp3) is 0.136. The van der Waals surface area contributed by atoms with E-state index < -0.39 is 7.82 Å². The predicted molar refractivity (Wildman–Crippen MR) is 124 cm³/mol. The number of anilines is 2. The summed E-state index contributed by atoms with van der Waals surface area (Å²) in [6.45, 7) is 0.332. The molecule has 1 aliphatic heterocycles. The molecule has 1 aliphatic rings. The second-order valence-corrected chi connectivity index (χ2v) is 9.20. The number of aromatic amines is 1. The largest absolute Gasteiger partial charge is 0.524 e. The molecule has 1 atom stereocenters. The highest BCUT2D eigenvalue weighted by Crippen LogP contribution is 2.49. The molecule has 3 aromatic carbocycles. The van der Waals surface area contributed by atoms with E-state index in [1.165, 1.54) is 6.07 Å². The van der Waals surface area contributed by atoms with Gasteiger partial charge in [-0.15, -0.1) is 11.6 Å². The Morgan fingerprint density at radius 3 is 2.66 bits per heavy atom. The number of alkyl halides is 1. The fourth-order valence-electron chi connectivity index (χ4n) is 4.35. The van der Waals surface area contributed by atoms with Gasteiger partial charge in [0.2, 0.25) is 0 Å². The number of nitrogens with one attached hydrogen (secondary N) is 1. The summed E-state index contributed by atoms with van der Waals surface area (Å²) in [5, 5.41) is 2.09. The van der Waals surface area contributed by atoms with Crippen LogP contribution in [0.5, 0.6) is 5.75 Å². The number of nitrogens with two attached hydrogens (primary N) is 1. The van der Waals surface area contributed by atoms with Gasteiger partial charge in [0.1, 0.15) is 11.4 Å². The molecule has 0 fully saturated rings. The van der Waals surface area contributed by atoms with Gasteiger partial charge in [-0.2, -0.15) is 0 Å². The average molecular weight is 472 g/mol. The maximum atomic E-state index is 13.5. The van der Waals surface area contributed by atoms with E-state index in [4.69, 9.17) is 21.9 Å². The Hall–Kier alpha value is -3.03. The normalized spacial score (nSPS) is 16.0. The van der Waals surface area contributed by atoms with Crippen molar-refractivity contribution in [3.63, 3.8) is 0 Å². The quantitative estimate of drug-likeness (QED) is 0.199. The van der Waals surface area contributed by atoms with Crippen molar-refractivity contribution in [3.05, 3.63) is 65.9 Å². The second-order valence-electron chi connectivity index (χ2n) is 7.73. The first-order valence-corrected chi connectivity index (χ1v) is 11.9. The van der Waals surface area contributed by atoms with E-state index in [1.54, 1.807) is 41.3 Å². The smallest absolute Gasteiger partial charge is 0.404 e. The Morgan fingerprint density at radius 2 is 1.94 bits per heavy atom. The number of H-pyrrole nitrogens is 1. The average Bonchev–Trinajstić information content (AvgIpc) is 3.33. The summed E-state index contributed by atoms with van der Waals surface area (Å²) in [4.78, 5) is 37.0. The molecular formula is C22H19ClN3O5P. The highest BCUT2D eigenvalue weighted by Gasteiger charge is 2.36. The number of carbonyl (C=O) groups is 1. The van der Waals surface area contributed by atoms with Gasteiger partial charge in [-0.1, -0.05) is 24.3 Å². The molecule has 164 valence electrons. The second kappa shape index (κ2) is 7.53. The first-order valence-electron chi connectivity index (χ1n) is 9.82. The van der Waals surface area contributed by atoms with Crippen molar-refractivity contribution in [2.75, 3.05) is 23.1 Å². The van der Waals surface area contributed by atoms with Gasteiger partial charge < -0.3 is 20.1 Å². The standard InChI is InChI=1S/C22H19ClN3O5P/c23-10-13-11-26(22(27)18-8-12-7-14(24)5-6-17(12)25-18)19-9-20(31-32(28,29)30)15-3-1-2-4-16(15)21(13)19/h1-9,13,25H,10-11,24H2,(H2,28,29,30). The summed E-state index contributed by atoms with van der Waals surface area (Å²) < 4.78 is 16.6. The number of halogens is 1. The minimum absolute atomic E-state index is 0.00475. The Kier molecular flexibility index (Phi) is 4.91. The van der Waals surface area contributed by atoms with Crippen molar-refractivity contribution in [3.8, 4) is 5.75 Å². The number of hydrogen-bond donors (Lipinski definition) is 4. The van der Waals surface area contributed by atoms with Crippen LogP contribution in [0.25, 0.3) is 21.7 Å². The third-order valence-corrected chi connectivity index (χ3v) is 6.46. The lowest BCUT2D eigenvalue weighted by molar-refractivity contribution is 0.0984. The Balaban J connectivity index is 1.66. The number of carbonyl (C=O) groups excluding carboxylic acids is 1. The lowest BCUT2D eigenvalue weighted by Crippen LogP contribution is -2.30.